The molecule has 0 aromatic carbocycles. The Labute approximate surface area is 333 Å². The molecule has 6 atom stereocenters. The van der Waals surface area contributed by atoms with Crippen molar-refractivity contribution in [3.05, 3.63) is 36.5 Å². The molecule has 0 bridgehead atoms. The monoisotopic (exact) mass is 805 g/mol. The molecule has 322 valence electrons. The summed E-state index contributed by atoms with van der Waals surface area (Å²) in [6, 6.07) is 0. The van der Waals surface area contributed by atoms with Crippen LogP contribution in [0, 0.1) is 0 Å². The molecule has 4 N–H and O–H groups in total. The SMILES string of the molecule is CC/C=C\C/C=C\C/C=C\CCCCCCCCCC(=O)OC(COCCCCCCCCCCCCC)COC1OC(CO)C(O)C(OS(=O)(=O)O)C1O. The van der Waals surface area contributed by atoms with Crippen LogP contribution in [0.5, 0.6) is 0 Å². The molecule has 1 fully saturated rings. The van der Waals surface area contributed by atoms with E-state index in [4.69, 9.17) is 23.5 Å². The minimum atomic E-state index is -5.06. The van der Waals surface area contributed by atoms with E-state index in [2.05, 4.69) is 54.5 Å². The highest BCUT2D eigenvalue weighted by molar-refractivity contribution is 7.80. The second-order valence-corrected chi connectivity index (χ2v) is 15.6. The lowest BCUT2D eigenvalue weighted by molar-refractivity contribution is -0.301. The average molecular weight is 805 g/mol. The van der Waals surface area contributed by atoms with Crippen LogP contribution in [0.1, 0.15) is 162 Å². The topological polar surface area (TPSA) is 178 Å². The molecular weight excluding hydrogens is 729 g/mol. The Bertz CT molecular complexity index is 1110. The van der Waals surface area contributed by atoms with Crippen molar-refractivity contribution < 1.29 is 56.2 Å². The summed E-state index contributed by atoms with van der Waals surface area (Å²) in [6.07, 6.45) is 28.9. The van der Waals surface area contributed by atoms with Gasteiger partial charge in [0, 0.05) is 13.0 Å². The van der Waals surface area contributed by atoms with Crippen LogP contribution in [0.2, 0.25) is 0 Å². The highest BCUT2D eigenvalue weighted by Crippen LogP contribution is 2.26. The highest BCUT2D eigenvalue weighted by atomic mass is 32.3. The van der Waals surface area contributed by atoms with Gasteiger partial charge in [-0.25, -0.2) is 4.18 Å². The molecule has 0 aromatic rings. The molecule has 1 heterocycles. The van der Waals surface area contributed by atoms with Crippen molar-refractivity contribution in [2.45, 2.75) is 198 Å². The molecule has 12 nitrogen and oxygen atoms in total. The van der Waals surface area contributed by atoms with Gasteiger partial charge in [-0.05, 0) is 44.9 Å². The van der Waals surface area contributed by atoms with E-state index in [0.717, 1.165) is 70.6 Å². The van der Waals surface area contributed by atoms with Gasteiger partial charge in [-0.15, -0.1) is 0 Å². The predicted octanol–water partition coefficient (Wildman–Crippen LogP) is 8.24. The van der Waals surface area contributed by atoms with Gasteiger partial charge in [0.1, 0.15) is 30.5 Å². The number of rotatable bonds is 36. The van der Waals surface area contributed by atoms with Gasteiger partial charge in [0.15, 0.2) is 6.29 Å². The molecule has 1 saturated heterocycles. The summed E-state index contributed by atoms with van der Waals surface area (Å²) in [4.78, 5) is 12.8. The summed E-state index contributed by atoms with van der Waals surface area (Å²) in [5.41, 5.74) is 0. The van der Waals surface area contributed by atoms with Gasteiger partial charge in [-0.3, -0.25) is 9.35 Å². The number of ether oxygens (including phenoxy) is 4. The molecule has 0 radical (unpaired) electrons. The minimum Gasteiger partial charge on any atom is -0.457 e. The van der Waals surface area contributed by atoms with Crippen molar-refractivity contribution in [2.75, 3.05) is 26.4 Å². The first-order valence-electron chi connectivity index (χ1n) is 21.2. The van der Waals surface area contributed by atoms with Crippen LogP contribution >= 0.6 is 0 Å². The Kier molecular flexibility index (Phi) is 32.1. The Morgan fingerprint density at radius 2 is 1.25 bits per heavy atom. The van der Waals surface area contributed by atoms with Gasteiger partial charge in [-0.1, -0.05) is 147 Å². The zero-order valence-corrected chi connectivity index (χ0v) is 34.8. The van der Waals surface area contributed by atoms with Crippen LogP contribution in [0.15, 0.2) is 36.5 Å². The number of carbonyl (C=O) groups is 1. The van der Waals surface area contributed by atoms with E-state index in [1.807, 2.05) is 0 Å². The summed E-state index contributed by atoms with van der Waals surface area (Å²) >= 11 is 0. The zero-order valence-electron chi connectivity index (χ0n) is 34.0. The molecule has 0 amide bonds. The summed E-state index contributed by atoms with van der Waals surface area (Å²) in [7, 11) is -5.06. The second kappa shape index (κ2) is 34.4. The molecule has 1 aliphatic heterocycles. The molecular formula is C42H76O12S. The lowest BCUT2D eigenvalue weighted by Gasteiger charge is -2.41. The number of allylic oxidation sites excluding steroid dienone is 6. The van der Waals surface area contributed by atoms with Gasteiger partial charge in [0.25, 0.3) is 0 Å². The van der Waals surface area contributed by atoms with Crippen molar-refractivity contribution in [3.8, 4) is 0 Å². The van der Waals surface area contributed by atoms with Crippen LogP contribution in [0.25, 0.3) is 0 Å². The fraction of sp³-hybridized carbons (Fsp3) is 0.833. The van der Waals surface area contributed by atoms with Crippen molar-refractivity contribution in [1.82, 2.24) is 0 Å². The zero-order chi connectivity index (χ0) is 40.4. The van der Waals surface area contributed by atoms with E-state index in [-0.39, 0.29) is 19.6 Å². The summed E-state index contributed by atoms with van der Waals surface area (Å²) in [5, 5.41) is 30.6. The molecule has 55 heavy (non-hydrogen) atoms. The first-order chi connectivity index (χ1) is 26.6. The van der Waals surface area contributed by atoms with Gasteiger partial charge >= 0.3 is 16.4 Å². The fourth-order valence-electron chi connectivity index (χ4n) is 6.33. The van der Waals surface area contributed by atoms with Gasteiger partial charge < -0.3 is 34.3 Å². The van der Waals surface area contributed by atoms with Gasteiger partial charge in [0.2, 0.25) is 0 Å². The van der Waals surface area contributed by atoms with E-state index < -0.39 is 59.8 Å². The third-order valence-corrected chi connectivity index (χ3v) is 9.99. The number of hydrogen-bond donors (Lipinski definition) is 4. The number of carbonyl (C=O) groups excluding carboxylic acids is 1. The number of aliphatic hydroxyl groups excluding tert-OH is 3. The molecule has 13 heteroatoms. The Hall–Kier alpha value is -1.68. The smallest absolute Gasteiger partial charge is 0.397 e. The van der Waals surface area contributed by atoms with E-state index in [0.29, 0.717) is 13.0 Å². The maximum atomic E-state index is 12.8. The van der Waals surface area contributed by atoms with Gasteiger partial charge in [0.05, 0.1) is 19.8 Å². The third-order valence-electron chi connectivity index (χ3n) is 9.53. The Morgan fingerprint density at radius 1 is 0.709 bits per heavy atom. The van der Waals surface area contributed by atoms with Crippen molar-refractivity contribution in [3.63, 3.8) is 0 Å². The molecule has 1 rings (SSSR count). The van der Waals surface area contributed by atoms with Crippen LogP contribution < -0.4 is 0 Å². The molecule has 0 spiro atoms. The lowest BCUT2D eigenvalue weighted by atomic mass is 9.99. The molecule has 6 unspecified atom stereocenters. The van der Waals surface area contributed by atoms with E-state index in [9.17, 15) is 28.5 Å². The number of aliphatic hydroxyl groups is 3. The average Bonchev–Trinajstić information content (AvgIpc) is 3.15. The largest absolute Gasteiger partial charge is 0.457 e. The number of esters is 1. The van der Waals surface area contributed by atoms with E-state index in [1.54, 1.807) is 0 Å². The molecule has 0 saturated carbocycles. The molecule has 0 aromatic heterocycles. The van der Waals surface area contributed by atoms with E-state index >= 15 is 0 Å². The maximum absolute atomic E-state index is 12.8. The Balaban J connectivity index is 2.45. The standard InChI is InChI=1S/C42H76O12S/c1-3-5-7-9-11-13-15-16-17-18-19-20-21-23-25-27-29-31-38(44)52-36(34-50-32-30-28-26-24-22-14-12-10-8-6-4-2)35-51-42-40(46)41(54-55(47,48)49)39(45)37(33-43)53-42/h5,7,11,13,16-17,36-37,39-43,45-46H,3-4,6,8-10,12,14-15,18-35H2,1-2H3,(H,47,48,49)/b7-5-,13-11-,17-16-. The minimum absolute atomic E-state index is 0.0336. The number of hydrogen-bond acceptors (Lipinski definition) is 11. The predicted molar refractivity (Wildman–Crippen MR) is 216 cm³/mol. The van der Waals surface area contributed by atoms with E-state index in [1.165, 1.54) is 64.2 Å². The first kappa shape index (κ1) is 51.3. The fourth-order valence-corrected chi connectivity index (χ4v) is 6.84. The van der Waals surface area contributed by atoms with Crippen molar-refractivity contribution >= 4 is 16.4 Å². The summed E-state index contributed by atoms with van der Waals surface area (Å²) in [5.74, 6) is -0.410. The summed E-state index contributed by atoms with van der Waals surface area (Å²) < 4.78 is 58.9. The second-order valence-electron chi connectivity index (χ2n) is 14.6. The van der Waals surface area contributed by atoms with Gasteiger partial charge in [-0.2, -0.15) is 8.42 Å². The lowest BCUT2D eigenvalue weighted by Crippen LogP contribution is -2.60. The quantitative estimate of drug-likeness (QED) is 0.0207. The first-order valence-corrected chi connectivity index (χ1v) is 22.6. The summed E-state index contributed by atoms with van der Waals surface area (Å²) in [6.45, 7) is 3.85. The normalized spacial score (nSPS) is 21.3. The van der Waals surface area contributed by atoms with Crippen LogP contribution in [-0.4, -0.2) is 97.5 Å². The third kappa shape index (κ3) is 28.4. The van der Waals surface area contributed by atoms with Crippen LogP contribution in [0.4, 0.5) is 0 Å². The van der Waals surface area contributed by atoms with Crippen LogP contribution in [-0.2, 0) is 38.3 Å². The highest BCUT2D eigenvalue weighted by Gasteiger charge is 2.48. The number of unbranched alkanes of at least 4 members (excludes halogenated alkanes) is 17. The molecule has 1 aliphatic rings. The Morgan fingerprint density at radius 3 is 1.84 bits per heavy atom. The maximum Gasteiger partial charge on any atom is 0.397 e. The van der Waals surface area contributed by atoms with Crippen molar-refractivity contribution in [2.24, 2.45) is 0 Å². The van der Waals surface area contributed by atoms with Crippen molar-refractivity contribution in [1.29, 1.82) is 0 Å². The molecule has 0 aliphatic carbocycles. The van der Waals surface area contributed by atoms with Crippen LogP contribution in [0.3, 0.4) is 0 Å².